The molecule has 0 spiro atoms. The number of carbonyl (C=O) groups excluding carboxylic acids is 2. The molecule has 0 atom stereocenters. The van der Waals surface area contributed by atoms with Crippen LogP contribution in [0.4, 0.5) is 0 Å². The lowest BCUT2D eigenvalue weighted by Gasteiger charge is -2.27. The fourth-order valence-electron chi connectivity index (χ4n) is 3.75. The highest BCUT2D eigenvalue weighted by Gasteiger charge is 2.23. The van der Waals surface area contributed by atoms with Gasteiger partial charge in [0.15, 0.2) is 5.78 Å². The van der Waals surface area contributed by atoms with E-state index >= 15 is 0 Å². The molecular formula is C26H42O3. The minimum atomic E-state index is -0.0891. The summed E-state index contributed by atoms with van der Waals surface area (Å²) in [5.74, 6) is 0.0468. The first-order valence-electron chi connectivity index (χ1n) is 11.8. The number of unbranched alkanes of at least 4 members (excludes halogenated alkanes) is 4. The lowest BCUT2D eigenvalue weighted by atomic mass is 9.78. The molecule has 0 saturated carbocycles. The van der Waals surface area contributed by atoms with Gasteiger partial charge in [-0.25, -0.2) is 0 Å². The molecule has 1 aliphatic carbocycles. The Kier molecular flexibility index (Phi) is 12.6. The van der Waals surface area contributed by atoms with E-state index in [9.17, 15) is 9.59 Å². The Hall–Kier alpha value is -1.64. The first-order chi connectivity index (χ1) is 14.0. The second-order valence-corrected chi connectivity index (χ2v) is 8.28. The van der Waals surface area contributed by atoms with Gasteiger partial charge in [-0.2, -0.15) is 0 Å². The van der Waals surface area contributed by atoms with Crippen LogP contribution in [0, 0.1) is 5.41 Å². The van der Waals surface area contributed by atoms with Gasteiger partial charge < -0.3 is 4.74 Å². The molecule has 0 aromatic carbocycles. The Morgan fingerprint density at radius 3 is 2.41 bits per heavy atom. The van der Waals surface area contributed by atoms with Crippen LogP contribution in [0.25, 0.3) is 0 Å². The Balaban J connectivity index is 2.76. The van der Waals surface area contributed by atoms with Crippen molar-refractivity contribution < 1.29 is 14.3 Å². The summed E-state index contributed by atoms with van der Waals surface area (Å²) in [5.41, 5.74) is 2.05. The zero-order valence-electron chi connectivity index (χ0n) is 19.2. The molecule has 3 heteroatoms. The topological polar surface area (TPSA) is 43.4 Å². The van der Waals surface area contributed by atoms with E-state index in [1.54, 1.807) is 6.08 Å². The molecule has 3 nitrogen and oxygen atoms in total. The first-order valence-corrected chi connectivity index (χ1v) is 11.8. The van der Waals surface area contributed by atoms with E-state index in [1.165, 1.54) is 24.8 Å². The maximum absolute atomic E-state index is 12.5. The fraction of sp³-hybridized carbons (Fsp3) is 0.692. The van der Waals surface area contributed by atoms with Crippen molar-refractivity contribution in [3.63, 3.8) is 0 Å². The van der Waals surface area contributed by atoms with Gasteiger partial charge in [-0.3, -0.25) is 9.59 Å². The third-order valence-corrected chi connectivity index (χ3v) is 6.25. The van der Waals surface area contributed by atoms with Crippen molar-refractivity contribution in [2.24, 2.45) is 5.41 Å². The van der Waals surface area contributed by atoms with Gasteiger partial charge in [-0.05, 0) is 67.6 Å². The van der Waals surface area contributed by atoms with Crippen molar-refractivity contribution >= 4 is 11.8 Å². The number of carbonyl (C=O) groups is 2. The van der Waals surface area contributed by atoms with E-state index in [0.717, 1.165) is 56.9 Å². The van der Waals surface area contributed by atoms with Crippen molar-refractivity contribution in [3.05, 3.63) is 35.5 Å². The largest absolute Gasteiger partial charge is 0.461 e. The Morgan fingerprint density at radius 1 is 1.03 bits per heavy atom. The van der Waals surface area contributed by atoms with Gasteiger partial charge in [0.2, 0.25) is 0 Å². The highest BCUT2D eigenvalue weighted by atomic mass is 16.5. The predicted octanol–water partition coefficient (Wildman–Crippen LogP) is 7.27. The van der Waals surface area contributed by atoms with Gasteiger partial charge >= 0.3 is 5.97 Å². The average Bonchev–Trinajstić information content (AvgIpc) is 2.76. The summed E-state index contributed by atoms with van der Waals surface area (Å²) in [6.45, 7) is 8.97. The molecule has 1 aliphatic rings. The van der Waals surface area contributed by atoms with Crippen molar-refractivity contribution in [1.82, 2.24) is 0 Å². The summed E-state index contributed by atoms with van der Waals surface area (Å²) in [6, 6.07) is 0. The number of ketones is 1. The van der Waals surface area contributed by atoms with E-state index < -0.39 is 0 Å². The Morgan fingerprint density at radius 2 is 1.76 bits per heavy atom. The number of allylic oxidation sites excluding steroid dienone is 5. The standard InChI is InChI=1S/C26H42O3/c1-5-9-10-11-12-16-25(28)29-21-22-14-13-15-23(6-2)24(27)18-20-26(7-3,8-4)19-17-22/h15,17-18,20H,5-14,16,19,21H2,1-4H3/b20-18-,22-17+,23-15-. The molecule has 0 aromatic rings. The SMILES string of the molecule is CCCCCCCC(=O)OC/C1=C/CC(CC)(CC)/C=C\C(=O)/C(CC)=C\CC1. The smallest absolute Gasteiger partial charge is 0.306 e. The summed E-state index contributed by atoms with van der Waals surface area (Å²) in [7, 11) is 0. The van der Waals surface area contributed by atoms with Crippen LogP contribution in [0.15, 0.2) is 35.5 Å². The van der Waals surface area contributed by atoms with E-state index in [1.807, 2.05) is 6.92 Å². The van der Waals surface area contributed by atoms with Crippen LogP contribution in [0.3, 0.4) is 0 Å². The van der Waals surface area contributed by atoms with Gasteiger partial charge in [0.25, 0.3) is 0 Å². The molecule has 29 heavy (non-hydrogen) atoms. The average molecular weight is 403 g/mol. The second kappa shape index (κ2) is 14.4. The third kappa shape index (κ3) is 9.60. The monoisotopic (exact) mass is 402 g/mol. The van der Waals surface area contributed by atoms with Gasteiger partial charge in [-0.1, -0.05) is 71.6 Å². The molecule has 1 rings (SSSR count). The summed E-state index contributed by atoms with van der Waals surface area (Å²) < 4.78 is 5.58. The third-order valence-electron chi connectivity index (χ3n) is 6.25. The molecule has 0 bridgehead atoms. The number of rotatable bonds is 11. The van der Waals surface area contributed by atoms with Crippen LogP contribution in [0.5, 0.6) is 0 Å². The summed E-state index contributed by atoms with van der Waals surface area (Å²) in [5, 5.41) is 0. The summed E-state index contributed by atoms with van der Waals surface area (Å²) >= 11 is 0. The molecule has 0 aromatic heterocycles. The van der Waals surface area contributed by atoms with Crippen molar-refractivity contribution in [3.8, 4) is 0 Å². The predicted molar refractivity (Wildman–Crippen MR) is 122 cm³/mol. The Bertz CT molecular complexity index is 591. The van der Waals surface area contributed by atoms with E-state index in [2.05, 4.69) is 39.0 Å². The van der Waals surface area contributed by atoms with Crippen LogP contribution in [-0.4, -0.2) is 18.4 Å². The van der Waals surface area contributed by atoms with Crippen LogP contribution < -0.4 is 0 Å². The molecule has 0 amide bonds. The maximum atomic E-state index is 12.5. The van der Waals surface area contributed by atoms with Crippen LogP contribution in [-0.2, 0) is 14.3 Å². The number of hydrogen-bond donors (Lipinski definition) is 0. The van der Waals surface area contributed by atoms with Crippen molar-refractivity contribution in [2.75, 3.05) is 6.61 Å². The zero-order valence-corrected chi connectivity index (χ0v) is 19.2. The Labute approximate surface area is 178 Å². The van der Waals surface area contributed by atoms with E-state index in [0.29, 0.717) is 13.0 Å². The highest BCUT2D eigenvalue weighted by Crippen LogP contribution is 2.34. The van der Waals surface area contributed by atoms with Gasteiger partial charge in [0, 0.05) is 6.42 Å². The second-order valence-electron chi connectivity index (χ2n) is 8.28. The van der Waals surface area contributed by atoms with Crippen molar-refractivity contribution in [2.45, 2.75) is 105 Å². The van der Waals surface area contributed by atoms with Crippen LogP contribution in [0.2, 0.25) is 0 Å². The molecular weight excluding hydrogens is 360 g/mol. The van der Waals surface area contributed by atoms with E-state index in [4.69, 9.17) is 4.74 Å². The molecule has 0 aliphatic heterocycles. The molecule has 0 unspecified atom stereocenters. The lowest BCUT2D eigenvalue weighted by molar-refractivity contribution is -0.142. The molecule has 164 valence electrons. The molecule has 0 N–H and O–H groups in total. The summed E-state index contributed by atoms with van der Waals surface area (Å²) in [6.07, 6.45) is 19.6. The number of esters is 1. The van der Waals surface area contributed by atoms with Crippen LogP contribution in [0.1, 0.15) is 105 Å². The molecule has 0 saturated heterocycles. The van der Waals surface area contributed by atoms with Crippen LogP contribution >= 0.6 is 0 Å². The van der Waals surface area contributed by atoms with E-state index in [-0.39, 0.29) is 17.2 Å². The molecule has 0 fully saturated rings. The van der Waals surface area contributed by atoms with Gasteiger partial charge in [0.05, 0.1) is 0 Å². The first kappa shape index (κ1) is 25.4. The minimum Gasteiger partial charge on any atom is -0.461 e. The number of ether oxygens (including phenoxy) is 1. The zero-order chi connectivity index (χ0) is 21.5. The quantitative estimate of drug-likeness (QED) is 0.207. The van der Waals surface area contributed by atoms with Crippen molar-refractivity contribution in [1.29, 1.82) is 0 Å². The fourth-order valence-corrected chi connectivity index (χ4v) is 3.75. The molecule has 0 heterocycles. The lowest BCUT2D eigenvalue weighted by Crippen LogP contribution is -2.16. The number of hydrogen-bond acceptors (Lipinski definition) is 3. The molecule has 0 radical (unpaired) electrons. The maximum Gasteiger partial charge on any atom is 0.306 e. The summed E-state index contributed by atoms with van der Waals surface area (Å²) in [4.78, 5) is 24.6. The normalized spacial score (nSPS) is 22.0. The minimum absolute atomic E-state index is 0.00656. The highest BCUT2D eigenvalue weighted by molar-refractivity contribution is 6.03. The van der Waals surface area contributed by atoms with Gasteiger partial charge in [0.1, 0.15) is 6.61 Å². The van der Waals surface area contributed by atoms with Gasteiger partial charge in [-0.15, -0.1) is 0 Å².